The van der Waals surface area contributed by atoms with Gasteiger partial charge in [0.1, 0.15) is 0 Å². The third-order valence-corrected chi connectivity index (χ3v) is 2.03. The summed E-state index contributed by atoms with van der Waals surface area (Å²) in [6.45, 7) is 1.86. The number of esters is 1. The van der Waals surface area contributed by atoms with Gasteiger partial charge in [-0.3, -0.25) is 9.78 Å². The third kappa shape index (κ3) is 2.53. The number of aryl methyl sites for hydroxylation is 1. The van der Waals surface area contributed by atoms with E-state index < -0.39 is 12.1 Å². The SMILES string of the molecule is COC(=O)C[C@@H](O)c1cnccc1C. The van der Waals surface area contributed by atoms with E-state index in [1.54, 1.807) is 18.5 Å². The molecule has 4 heteroatoms. The monoisotopic (exact) mass is 195 g/mol. The molecule has 1 atom stereocenters. The lowest BCUT2D eigenvalue weighted by atomic mass is 10.0. The third-order valence-electron chi connectivity index (χ3n) is 2.03. The topological polar surface area (TPSA) is 59.4 Å². The fourth-order valence-corrected chi connectivity index (χ4v) is 1.18. The summed E-state index contributed by atoms with van der Waals surface area (Å²) in [7, 11) is 1.30. The van der Waals surface area contributed by atoms with Gasteiger partial charge in [-0.05, 0) is 18.6 Å². The van der Waals surface area contributed by atoms with Crippen LogP contribution in [0.25, 0.3) is 0 Å². The number of hydrogen-bond acceptors (Lipinski definition) is 4. The Morgan fingerprint density at radius 1 is 1.71 bits per heavy atom. The second-order valence-electron chi connectivity index (χ2n) is 3.03. The molecule has 0 aliphatic heterocycles. The molecular weight excluding hydrogens is 182 g/mol. The minimum absolute atomic E-state index is 0.0387. The first-order chi connectivity index (χ1) is 6.65. The van der Waals surface area contributed by atoms with Crippen LogP contribution in [0.3, 0.4) is 0 Å². The fraction of sp³-hybridized carbons (Fsp3) is 0.400. The number of carbonyl (C=O) groups is 1. The van der Waals surface area contributed by atoms with E-state index in [0.29, 0.717) is 5.56 Å². The fourth-order valence-electron chi connectivity index (χ4n) is 1.18. The Balaban J connectivity index is 2.74. The van der Waals surface area contributed by atoms with Crippen LogP contribution < -0.4 is 0 Å². The van der Waals surface area contributed by atoms with Gasteiger partial charge in [0.2, 0.25) is 0 Å². The van der Waals surface area contributed by atoms with Crippen molar-refractivity contribution in [1.29, 1.82) is 0 Å². The molecule has 4 nitrogen and oxygen atoms in total. The highest BCUT2D eigenvalue weighted by molar-refractivity contribution is 5.70. The number of carbonyl (C=O) groups excluding carboxylic acids is 1. The molecule has 1 aromatic rings. The molecule has 0 radical (unpaired) electrons. The number of methoxy groups -OCH3 is 1. The first-order valence-electron chi connectivity index (χ1n) is 4.30. The van der Waals surface area contributed by atoms with Gasteiger partial charge in [0.25, 0.3) is 0 Å². The summed E-state index contributed by atoms with van der Waals surface area (Å²) in [5.41, 5.74) is 1.58. The second kappa shape index (κ2) is 4.72. The molecule has 1 rings (SSSR count). The van der Waals surface area contributed by atoms with Gasteiger partial charge in [0.15, 0.2) is 0 Å². The molecule has 1 heterocycles. The molecule has 1 N–H and O–H groups in total. The average Bonchev–Trinajstić information content (AvgIpc) is 2.18. The molecule has 14 heavy (non-hydrogen) atoms. The zero-order valence-electron chi connectivity index (χ0n) is 8.23. The van der Waals surface area contributed by atoms with E-state index in [2.05, 4.69) is 9.72 Å². The molecule has 0 spiro atoms. The van der Waals surface area contributed by atoms with E-state index in [4.69, 9.17) is 0 Å². The molecule has 0 aliphatic rings. The van der Waals surface area contributed by atoms with Crippen LogP contribution in [-0.2, 0) is 9.53 Å². The molecule has 0 amide bonds. The highest BCUT2D eigenvalue weighted by atomic mass is 16.5. The predicted molar refractivity (Wildman–Crippen MR) is 50.6 cm³/mol. The van der Waals surface area contributed by atoms with Gasteiger partial charge in [0, 0.05) is 18.0 Å². The summed E-state index contributed by atoms with van der Waals surface area (Å²) in [6, 6.07) is 1.79. The van der Waals surface area contributed by atoms with Gasteiger partial charge in [-0.1, -0.05) is 0 Å². The maximum Gasteiger partial charge on any atom is 0.308 e. The molecule has 0 aromatic carbocycles. The first kappa shape index (κ1) is 10.7. The van der Waals surface area contributed by atoms with E-state index in [1.807, 2.05) is 6.92 Å². The Labute approximate surface area is 82.5 Å². The van der Waals surface area contributed by atoms with E-state index >= 15 is 0 Å². The Kier molecular flexibility index (Phi) is 3.59. The Hall–Kier alpha value is -1.42. The number of aliphatic hydroxyl groups excluding tert-OH is 1. The number of nitrogens with zero attached hydrogens (tertiary/aromatic N) is 1. The van der Waals surface area contributed by atoms with Crippen LogP contribution in [0.2, 0.25) is 0 Å². The minimum Gasteiger partial charge on any atom is -0.469 e. The van der Waals surface area contributed by atoms with Gasteiger partial charge in [-0.2, -0.15) is 0 Å². The molecule has 0 aliphatic carbocycles. The van der Waals surface area contributed by atoms with Gasteiger partial charge < -0.3 is 9.84 Å². The maximum atomic E-state index is 10.9. The van der Waals surface area contributed by atoms with Gasteiger partial charge in [-0.25, -0.2) is 0 Å². The van der Waals surface area contributed by atoms with E-state index in [0.717, 1.165) is 5.56 Å². The van der Waals surface area contributed by atoms with Gasteiger partial charge in [-0.15, -0.1) is 0 Å². The standard InChI is InChI=1S/C10H13NO3/c1-7-3-4-11-6-8(7)9(12)5-10(13)14-2/h3-4,6,9,12H,5H2,1-2H3/t9-/m1/s1. The number of aromatic nitrogens is 1. The van der Waals surface area contributed by atoms with E-state index in [9.17, 15) is 9.90 Å². The van der Waals surface area contributed by atoms with Crippen molar-refractivity contribution < 1.29 is 14.6 Å². The van der Waals surface area contributed by atoms with E-state index in [1.165, 1.54) is 7.11 Å². The van der Waals surface area contributed by atoms with Crippen molar-refractivity contribution in [3.8, 4) is 0 Å². The van der Waals surface area contributed by atoms with E-state index in [-0.39, 0.29) is 6.42 Å². The van der Waals surface area contributed by atoms with Crippen LogP contribution in [0.15, 0.2) is 18.5 Å². The van der Waals surface area contributed by atoms with Crippen molar-refractivity contribution in [1.82, 2.24) is 4.98 Å². The van der Waals surface area contributed by atoms with Crippen molar-refractivity contribution in [2.45, 2.75) is 19.4 Å². The molecule has 0 unspecified atom stereocenters. The number of pyridine rings is 1. The molecule has 0 bridgehead atoms. The Morgan fingerprint density at radius 3 is 3.00 bits per heavy atom. The molecule has 0 fully saturated rings. The van der Waals surface area contributed by atoms with Crippen molar-refractivity contribution >= 4 is 5.97 Å². The van der Waals surface area contributed by atoms with Crippen molar-refractivity contribution in [3.63, 3.8) is 0 Å². The van der Waals surface area contributed by atoms with Crippen molar-refractivity contribution in [3.05, 3.63) is 29.6 Å². The number of rotatable bonds is 3. The smallest absolute Gasteiger partial charge is 0.308 e. The van der Waals surface area contributed by atoms with Crippen LogP contribution in [0.5, 0.6) is 0 Å². The van der Waals surface area contributed by atoms with Crippen LogP contribution in [0.4, 0.5) is 0 Å². The average molecular weight is 195 g/mol. The largest absolute Gasteiger partial charge is 0.469 e. The minimum atomic E-state index is -0.837. The molecule has 76 valence electrons. The van der Waals surface area contributed by atoms with Crippen LogP contribution in [0, 0.1) is 6.92 Å². The zero-order valence-corrected chi connectivity index (χ0v) is 8.23. The number of ether oxygens (including phenoxy) is 1. The molecule has 0 saturated carbocycles. The Bertz CT molecular complexity index is 325. The lowest BCUT2D eigenvalue weighted by molar-refractivity contribution is -0.142. The quantitative estimate of drug-likeness (QED) is 0.730. The summed E-state index contributed by atoms with van der Waals surface area (Å²) in [6.07, 6.45) is 2.33. The number of aliphatic hydroxyl groups is 1. The van der Waals surface area contributed by atoms with Crippen LogP contribution in [0.1, 0.15) is 23.7 Å². The lowest BCUT2D eigenvalue weighted by Gasteiger charge is -2.11. The first-order valence-corrected chi connectivity index (χ1v) is 4.30. The van der Waals surface area contributed by atoms with Gasteiger partial charge in [0.05, 0.1) is 19.6 Å². The predicted octanol–water partition coefficient (Wildman–Crippen LogP) is 0.987. The zero-order chi connectivity index (χ0) is 10.6. The lowest BCUT2D eigenvalue weighted by Crippen LogP contribution is -2.09. The second-order valence-corrected chi connectivity index (χ2v) is 3.03. The van der Waals surface area contributed by atoms with Crippen LogP contribution in [-0.4, -0.2) is 23.2 Å². The van der Waals surface area contributed by atoms with Gasteiger partial charge >= 0.3 is 5.97 Å². The summed E-state index contributed by atoms with van der Waals surface area (Å²) in [5.74, 6) is -0.430. The summed E-state index contributed by atoms with van der Waals surface area (Å²) >= 11 is 0. The van der Waals surface area contributed by atoms with Crippen molar-refractivity contribution in [2.75, 3.05) is 7.11 Å². The summed E-state index contributed by atoms with van der Waals surface area (Å²) < 4.78 is 4.46. The van der Waals surface area contributed by atoms with Crippen LogP contribution >= 0.6 is 0 Å². The highest BCUT2D eigenvalue weighted by Crippen LogP contribution is 2.19. The molecule has 1 aromatic heterocycles. The summed E-state index contributed by atoms with van der Waals surface area (Å²) in [4.78, 5) is 14.8. The molecule has 0 saturated heterocycles. The number of hydrogen-bond donors (Lipinski definition) is 1. The van der Waals surface area contributed by atoms with Crippen molar-refractivity contribution in [2.24, 2.45) is 0 Å². The molecular formula is C10H13NO3. The Morgan fingerprint density at radius 2 is 2.43 bits per heavy atom. The highest BCUT2D eigenvalue weighted by Gasteiger charge is 2.14. The maximum absolute atomic E-state index is 10.9. The summed E-state index contributed by atoms with van der Waals surface area (Å²) in [5, 5.41) is 9.66. The normalized spacial score (nSPS) is 12.2.